The molecule has 2 aromatic heterocycles. The summed E-state index contributed by atoms with van der Waals surface area (Å²) < 4.78 is 2.18. The summed E-state index contributed by atoms with van der Waals surface area (Å²) in [6.45, 7) is 9.39. The molecule has 6 heteroatoms. The van der Waals surface area contributed by atoms with E-state index in [1.165, 1.54) is 27.8 Å². The molecular weight excluding hydrogens is 408 g/mol. The Balaban J connectivity index is 1.47. The van der Waals surface area contributed by atoms with Gasteiger partial charge in [-0.3, -0.25) is 9.67 Å². The van der Waals surface area contributed by atoms with E-state index in [1.54, 1.807) is 12.4 Å². The number of hydrogen-bond acceptors (Lipinski definition) is 5. The van der Waals surface area contributed by atoms with Crippen LogP contribution >= 0.6 is 0 Å². The molecule has 0 aliphatic carbocycles. The quantitative estimate of drug-likeness (QED) is 0.426. The van der Waals surface area contributed by atoms with Gasteiger partial charge < -0.3 is 9.80 Å². The number of anilines is 2. The van der Waals surface area contributed by atoms with Crippen LogP contribution < -0.4 is 9.80 Å². The Morgan fingerprint density at radius 1 is 1.03 bits per heavy atom. The number of aromatic nitrogens is 4. The highest BCUT2D eigenvalue weighted by Gasteiger charge is 2.29. The molecule has 1 unspecified atom stereocenters. The van der Waals surface area contributed by atoms with E-state index < -0.39 is 0 Å². The van der Waals surface area contributed by atoms with E-state index in [2.05, 4.69) is 93.8 Å². The van der Waals surface area contributed by atoms with Crippen molar-refractivity contribution in [3.05, 3.63) is 78.4 Å². The molecule has 0 bridgehead atoms. The molecule has 1 atom stereocenters. The highest BCUT2D eigenvalue weighted by molar-refractivity contribution is 5.85. The highest BCUT2D eigenvalue weighted by atomic mass is 15.3. The first kappa shape index (κ1) is 21.4. The van der Waals surface area contributed by atoms with Crippen molar-refractivity contribution >= 4 is 22.4 Å². The van der Waals surface area contributed by atoms with Crippen LogP contribution in [0, 0.1) is 0 Å². The van der Waals surface area contributed by atoms with E-state index in [-0.39, 0.29) is 0 Å². The summed E-state index contributed by atoms with van der Waals surface area (Å²) in [5, 5.41) is 6.16. The normalized spacial score (nSPS) is 16.7. The molecule has 1 aliphatic heterocycles. The lowest BCUT2D eigenvalue weighted by Gasteiger charge is -2.43. The third-order valence-corrected chi connectivity index (χ3v) is 6.60. The number of aryl methyl sites for hydroxylation is 1. The zero-order valence-electron chi connectivity index (χ0n) is 19.7. The van der Waals surface area contributed by atoms with Gasteiger partial charge in [0.2, 0.25) is 0 Å². The van der Waals surface area contributed by atoms with E-state index in [1.807, 2.05) is 6.20 Å². The Bertz CT molecular complexity index is 1200. The third-order valence-electron chi connectivity index (χ3n) is 6.60. The van der Waals surface area contributed by atoms with E-state index in [4.69, 9.17) is 5.10 Å². The van der Waals surface area contributed by atoms with Crippen LogP contribution in [0.25, 0.3) is 10.9 Å². The minimum Gasteiger partial charge on any atom is -0.368 e. The van der Waals surface area contributed by atoms with Crippen LogP contribution in [0.15, 0.2) is 67.1 Å². The second-order valence-corrected chi connectivity index (χ2v) is 9.09. The molecular formula is C27H32N6. The van der Waals surface area contributed by atoms with Crippen molar-refractivity contribution in [1.82, 2.24) is 19.7 Å². The molecule has 0 N–H and O–H groups in total. The minimum atomic E-state index is 0.315. The summed E-state index contributed by atoms with van der Waals surface area (Å²) in [6.07, 6.45) is 7.33. The molecule has 1 saturated heterocycles. The fraction of sp³-hybridized carbons (Fsp3) is 0.370. The number of rotatable bonds is 6. The molecule has 2 aromatic carbocycles. The van der Waals surface area contributed by atoms with Gasteiger partial charge in [-0.1, -0.05) is 37.3 Å². The highest BCUT2D eigenvalue weighted by Crippen LogP contribution is 2.30. The van der Waals surface area contributed by atoms with Crippen LogP contribution in [-0.2, 0) is 12.8 Å². The lowest BCUT2D eigenvalue weighted by Crippen LogP contribution is -2.54. The number of piperazine rings is 1. The summed E-state index contributed by atoms with van der Waals surface area (Å²) >= 11 is 0. The van der Waals surface area contributed by atoms with Crippen molar-refractivity contribution < 1.29 is 0 Å². The Labute approximate surface area is 195 Å². The molecule has 1 fully saturated rings. The second kappa shape index (κ2) is 9.22. The predicted molar refractivity (Wildman–Crippen MR) is 135 cm³/mol. The van der Waals surface area contributed by atoms with Gasteiger partial charge in [0, 0.05) is 49.1 Å². The predicted octanol–water partition coefficient (Wildman–Crippen LogP) is 4.91. The Morgan fingerprint density at radius 2 is 1.88 bits per heavy atom. The molecule has 33 heavy (non-hydrogen) atoms. The van der Waals surface area contributed by atoms with Crippen LogP contribution in [0.3, 0.4) is 0 Å². The largest absolute Gasteiger partial charge is 0.368 e. The Kier molecular flexibility index (Phi) is 5.99. The standard InChI is InChI=1S/C27H32N6/c1-4-25-24-11-10-22(17-26(24)33(30-25)20(2)3)31-14-15-32(27-18-28-12-13-29-27)23(19-31)16-21-8-6-5-7-9-21/h5-13,17-18,20,23H,4,14-16,19H2,1-3H3. The number of nitrogens with zero attached hydrogens (tertiary/aromatic N) is 6. The van der Waals surface area contributed by atoms with Crippen LogP contribution in [0.5, 0.6) is 0 Å². The number of fused-ring (bicyclic) bond motifs is 1. The second-order valence-electron chi connectivity index (χ2n) is 9.09. The van der Waals surface area contributed by atoms with Gasteiger partial charge in [0.15, 0.2) is 0 Å². The van der Waals surface area contributed by atoms with Crippen molar-refractivity contribution in [3.63, 3.8) is 0 Å². The van der Waals surface area contributed by atoms with Gasteiger partial charge in [-0.15, -0.1) is 0 Å². The van der Waals surface area contributed by atoms with Gasteiger partial charge in [0.05, 0.1) is 23.4 Å². The van der Waals surface area contributed by atoms with Gasteiger partial charge in [-0.25, -0.2) is 4.98 Å². The lowest BCUT2D eigenvalue weighted by atomic mass is 10.0. The van der Waals surface area contributed by atoms with E-state index in [9.17, 15) is 0 Å². The molecule has 1 aliphatic rings. The summed E-state index contributed by atoms with van der Waals surface area (Å²) in [6, 6.07) is 18.3. The SMILES string of the molecule is CCc1nn(C(C)C)c2cc(N3CCN(c4cnccn4)C(Cc4ccccc4)C3)ccc12. The first-order valence-electron chi connectivity index (χ1n) is 12.0. The molecule has 170 valence electrons. The smallest absolute Gasteiger partial charge is 0.147 e. The molecule has 0 spiro atoms. The number of hydrogen-bond donors (Lipinski definition) is 0. The van der Waals surface area contributed by atoms with Crippen molar-refractivity contribution in [3.8, 4) is 0 Å². The van der Waals surface area contributed by atoms with Gasteiger partial charge in [0.25, 0.3) is 0 Å². The summed E-state index contributed by atoms with van der Waals surface area (Å²) in [5.41, 5.74) is 5.03. The van der Waals surface area contributed by atoms with Gasteiger partial charge in [-0.2, -0.15) is 5.10 Å². The molecule has 0 radical (unpaired) electrons. The Morgan fingerprint density at radius 3 is 2.61 bits per heavy atom. The van der Waals surface area contributed by atoms with Crippen molar-refractivity contribution in [2.24, 2.45) is 0 Å². The zero-order chi connectivity index (χ0) is 22.8. The summed E-state index contributed by atoms with van der Waals surface area (Å²) in [7, 11) is 0. The fourth-order valence-corrected chi connectivity index (χ4v) is 4.93. The summed E-state index contributed by atoms with van der Waals surface area (Å²) in [4.78, 5) is 13.9. The topological polar surface area (TPSA) is 50.1 Å². The van der Waals surface area contributed by atoms with Gasteiger partial charge in [0.1, 0.15) is 5.82 Å². The molecule has 0 amide bonds. The van der Waals surface area contributed by atoms with Crippen LogP contribution in [-0.4, -0.2) is 45.4 Å². The van der Waals surface area contributed by atoms with Crippen molar-refractivity contribution in [2.45, 2.75) is 45.7 Å². The first-order chi connectivity index (χ1) is 16.1. The van der Waals surface area contributed by atoms with Crippen molar-refractivity contribution in [2.75, 3.05) is 29.4 Å². The monoisotopic (exact) mass is 440 g/mol. The lowest BCUT2D eigenvalue weighted by molar-refractivity contribution is 0.513. The maximum Gasteiger partial charge on any atom is 0.147 e. The van der Waals surface area contributed by atoms with E-state index in [0.717, 1.165) is 38.3 Å². The maximum atomic E-state index is 4.89. The Hall–Kier alpha value is -3.41. The fourth-order valence-electron chi connectivity index (χ4n) is 4.93. The van der Waals surface area contributed by atoms with Gasteiger partial charge in [-0.05, 0) is 50.5 Å². The van der Waals surface area contributed by atoms with Crippen LogP contribution in [0.1, 0.15) is 38.1 Å². The van der Waals surface area contributed by atoms with E-state index >= 15 is 0 Å². The molecule has 3 heterocycles. The first-order valence-corrected chi connectivity index (χ1v) is 12.0. The number of benzene rings is 2. The van der Waals surface area contributed by atoms with Crippen LogP contribution in [0.2, 0.25) is 0 Å². The van der Waals surface area contributed by atoms with Crippen LogP contribution in [0.4, 0.5) is 11.5 Å². The maximum absolute atomic E-state index is 4.89. The molecule has 6 nitrogen and oxygen atoms in total. The average Bonchev–Trinajstić information content (AvgIpc) is 3.23. The van der Waals surface area contributed by atoms with E-state index in [0.29, 0.717) is 12.1 Å². The zero-order valence-corrected chi connectivity index (χ0v) is 19.7. The minimum absolute atomic E-state index is 0.315. The summed E-state index contributed by atoms with van der Waals surface area (Å²) in [5.74, 6) is 0.957. The van der Waals surface area contributed by atoms with Crippen molar-refractivity contribution in [1.29, 1.82) is 0 Å². The molecule has 4 aromatic rings. The van der Waals surface area contributed by atoms with Gasteiger partial charge >= 0.3 is 0 Å². The molecule has 0 saturated carbocycles. The third kappa shape index (κ3) is 4.30. The average molecular weight is 441 g/mol. The molecule has 5 rings (SSSR count).